The van der Waals surface area contributed by atoms with Crippen LogP contribution in [0, 0.1) is 11.6 Å². The summed E-state index contributed by atoms with van der Waals surface area (Å²) in [6.45, 7) is 2.51. The second kappa shape index (κ2) is 17.6. The fourth-order valence-corrected chi connectivity index (χ4v) is 8.38. The number of fused-ring (bicyclic) bond motifs is 1. The number of nitrogens with one attached hydrogen (secondary N) is 4. The number of ether oxygens (including phenoxy) is 2. The molecule has 0 saturated carbocycles. The van der Waals surface area contributed by atoms with Crippen LogP contribution in [0.3, 0.4) is 0 Å². The highest BCUT2D eigenvalue weighted by molar-refractivity contribution is 6.30. The molecular formula is C47H40ClF2N9O4. The Labute approximate surface area is 364 Å². The van der Waals surface area contributed by atoms with Gasteiger partial charge >= 0.3 is 0 Å². The Balaban J connectivity index is 0.804. The number of carbonyl (C=O) groups excluding carboxylic acids is 1. The molecule has 1 aliphatic heterocycles. The van der Waals surface area contributed by atoms with Crippen molar-refractivity contribution in [1.82, 2.24) is 35.2 Å². The molecule has 0 saturated heterocycles. The predicted molar refractivity (Wildman–Crippen MR) is 238 cm³/mol. The lowest BCUT2D eigenvalue weighted by atomic mass is 9.83. The van der Waals surface area contributed by atoms with Crippen LogP contribution >= 0.6 is 11.6 Å². The van der Waals surface area contributed by atoms with Crippen LogP contribution in [0.4, 0.5) is 20.2 Å². The Morgan fingerprint density at radius 1 is 0.937 bits per heavy atom. The molecule has 0 unspecified atom stereocenters. The molecule has 0 spiro atoms. The van der Waals surface area contributed by atoms with E-state index in [0.717, 1.165) is 38.7 Å². The maximum Gasteiger partial charge on any atom is 0.272 e. The van der Waals surface area contributed by atoms with Crippen molar-refractivity contribution in [2.45, 2.75) is 31.7 Å². The van der Waals surface area contributed by atoms with Gasteiger partial charge in [-0.15, -0.1) is 0 Å². The van der Waals surface area contributed by atoms with Crippen LogP contribution in [-0.2, 0) is 16.6 Å². The number of hydrogen-bond donors (Lipinski definition) is 4. The molecule has 1 amide bonds. The summed E-state index contributed by atoms with van der Waals surface area (Å²) in [5.41, 5.74) is 6.80. The van der Waals surface area contributed by atoms with Crippen LogP contribution in [0.25, 0.3) is 32.8 Å². The second-order valence-corrected chi connectivity index (χ2v) is 15.5. The number of H-pyrrole nitrogens is 2. The number of nitrogens with zero attached hydrogens (tertiary/aromatic N) is 5. The molecule has 0 fully saturated rings. The van der Waals surface area contributed by atoms with Crippen LogP contribution in [0.2, 0.25) is 5.02 Å². The molecule has 4 N–H and O–H groups in total. The van der Waals surface area contributed by atoms with Crippen molar-refractivity contribution in [2.24, 2.45) is 7.05 Å². The van der Waals surface area contributed by atoms with E-state index >= 15 is 4.39 Å². The normalized spacial score (nSPS) is 15.0. The van der Waals surface area contributed by atoms with Gasteiger partial charge in [0, 0.05) is 46.2 Å². The van der Waals surface area contributed by atoms with Crippen molar-refractivity contribution in [1.29, 1.82) is 0 Å². The summed E-state index contributed by atoms with van der Waals surface area (Å²) < 4.78 is 43.3. The van der Waals surface area contributed by atoms with E-state index in [4.69, 9.17) is 21.1 Å². The summed E-state index contributed by atoms with van der Waals surface area (Å²) in [7, 11) is 1.77. The molecule has 318 valence electrons. The van der Waals surface area contributed by atoms with Crippen LogP contribution in [0.5, 0.6) is 5.75 Å². The van der Waals surface area contributed by atoms with Gasteiger partial charge in [-0.2, -0.15) is 15.3 Å². The molecule has 5 aromatic carbocycles. The predicted octanol–water partition coefficient (Wildman–Crippen LogP) is 8.95. The second-order valence-electron chi connectivity index (χ2n) is 15.1. The van der Waals surface area contributed by atoms with Gasteiger partial charge in [0.1, 0.15) is 36.1 Å². The van der Waals surface area contributed by atoms with Crippen molar-refractivity contribution in [2.75, 3.05) is 30.5 Å². The van der Waals surface area contributed by atoms with Crippen molar-refractivity contribution < 1.29 is 23.0 Å². The zero-order valence-electron chi connectivity index (χ0n) is 34.1. The summed E-state index contributed by atoms with van der Waals surface area (Å²) >= 11 is 6.10. The van der Waals surface area contributed by atoms with Gasteiger partial charge in [0.05, 0.1) is 48.0 Å². The fraction of sp³-hybridized carbons (Fsp3) is 0.191. The van der Waals surface area contributed by atoms with Gasteiger partial charge in [-0.25, -0.2) is 18.9 Å². The number of amides is 1. The molecular weight excluding hydrogens is 828 g/mol. The van der Waals surface area contributed by atoms with Crippen molar-refractivity contribution >= 4 is 61.7 Å². The lowest BCUT2D eigenvalue weighted by Crippen LogP contribution is -2.30. The van der Waals surface area contributed by atoms with Crippen molar-refractivity contribution in [3.63, 3.8) is 0 Å². The SMILES string of the molecule is CC/C(=C(/c1ccc(OCCCOCC(=O)Nc2ccc([C@H]3Nc4cc(F)cc5c(=O)[nH]nc(c45)[C@@H]3c3ncnn3C)cc2)cc1)c1ccc2[nH]ncc2c1)c1ccc(Cl)cc1F. The lowest BCUT2D eigenvalue weighted by molar-refractivity contribution is -0.120. The number of aromatic amines is 2. The first-order valence-corrected chi connectivity index (χ1v) is 20.7. The topological polar surface area (TPSA) is 165 Å². The number of anilines is 2. The van der Waals surface area contributed by atoms with Gasteiger partial charge in [0.25, 0.3) is 5.56 Å². The van der Waals surface area contributed by atoms with Gasteiger partial charge in [-0.3, -0.25) is 19.4 Å². The van der Waals surface area contributed by atoms with Crippen LogP contribution in [0.1, 0.15) is 65.5 Å². The number of aromatic nitrogens is 7. The number of aryl methyl sites for hydroxylation is 1. The minimum atomic E-state index is -0.553. The van der Waals surface area contributed by atoms with Gasteiger partial charge in [0.15, 0.2) is 0 Å². The molecule has 63 heavy (non-hydrogen) atoms. The summed E-state index contributed by atoms with van der Waals surface area (Å²) in [5, 5.41) is 26.6. The standard InChI is InChI=1S/C47H40ClF2N9O4/c1-3-34(35-15-10-30(48)20-37(35)50)41(28-9-16-38-29(19-28)23-52-56-38)26-7-13-33(14-8-26)63-18-4-17-62-24-40(60)54-32-11-5-27(6-12-32)44-43(46-51-25-53-59(46)2)45-42-36(47(61)58-57-45)21-31(49)22-39(42)55-44/h5-16,19-23,25,43-44,55H,3-4,17-18,24H2,1-2H3,(H,52,56)(H,54,60)(H,58,61)/b41-34+/t43-,44-/m1/s1. The molecule has 0 bridgehead atoms. The highest BCUT2D eigenvalue weighted by Crippen LogP contribution is 2.46. The van der Waals surface area contributed by atoms with Crippen LogP contribution in [0.15, 0.2) is 114 Å². The van der Waals surface area contributed by atoms with Gasteiger partial charge in [-0.05, 0) is 94.9 Å². The first-order valence-electron chi connectivity index (χ1n) is 20.3. The number of halogens is 3. The lowest BCUT2D eigenvalue weighted by Gasteiger charge is -2.33. The Kier molecular flexibility index (Phi) is 11.5. The molecule has 0 aliphatic carbocycles. The van der Waals surface area contributed by atoms with Gasteiger partial charge < -0.3 is 20.1 Å². The fourth-order valence-electron chi connectivity index (χ4n) is 8.22. The van der Waals surface area contributed by atoms with E-state index in [1.807, 2.05) is 61.5 Å². The summed E-state index contributed by atoms with van der Waals surface area (Å²) in [4.78, 5) is 29.9. The number of rotatable bonds is 14. The number of allylic oxidation sites excluding steroid dienone is 1. The Bertz CT molecular complexity index is 3070. The first kappa shape index (κ1) is 41.1. The Morgan fingerprint density at radius 3 is 2.51 bits per heavy atom. The zero-order chi connectivity index (χ0) is 43.6. The number of hydrogen-bond acceptors (Lipinski definition) is 9. The summed E-state index contributed by atoms with van der Waals surface area (Å²) in [5.74, 6) is -0.496. The quantitative estimate of drug-likeness (QED) is 0.0617. The van der Waals surface area contributed by atoms with E-state index in [1.165, 1.54) is 24.5 Å². The van der Waals surface area contributed by atoms with E-state index in [-0.39, 0.29) is 23.7 Å². The van der Waals surface area contributed by atoms with E-state index in [0.29, 0.717) is 70.7 Å². The minimum Gasteiger partial charge on any atom is -0.494 e. The van der Waals surface area contributed by atoms with Gasteiger partial charge in [0.2, 0.25) is 5.91 Å². The average molecular weight is 868 g/mol. The molecule has 13 nitrogen and oxygen atoms in total. The van der Waals surface area contributed by atoms with Gasteiger partial charge in [-0.1, -0.05) is 54.9 Å². The van der Waals surface area contributed by atoms with Crippen molar-refractivity contribution in [3.8, 4) is 5.75 Å². The maximum absolute atomic E-state index is 15.3. The minimum absolute atomic E-state index is 0.154. The molecule has 3 aromatic heterocycles. The molecule has 16 heteroatoms. The zero-order valence-corrected chi connectivity index (χ0v) is 34.8. The number of carbonyl (C=O) groups is 1. The average Bonchev–Trinajstić information content (AvgIpc) is 3.94. The summed E-state index contributed by atoms with van der Waals surface area (Å²) in [6.07, 6.45) is 4.32. The van der Waals surface area contributed by atoms with Crippen LogP contribution < -0.4 is 20.9 Å². The van der Waals surface area contributed by atoms with Crippen molar-refractivity contribution in [3.05, 3.63) is 170 Å². The highest BCUT2D eigenvalue weighted by atomic mass is 35.5. The molecule has 4 heterocycles. The first-order chi connectivity index (χ1) is 30.6. The maximum atomic E-state index is 15.3. The molecule has 2 atom stereocenters. The molecule has 8 aromatic rings. The smallest absolute Gasteiger partial charge is 0.272 e. The highest BCUT2D eigenvalue weighted by Gasteiger charge is 2.38. The largest absolute Gasteiger partial charge is 0.494 e. The third-order valence-electron chi connectivity index (χ3n) is 11.1. The van der Waals surface area contributed by atoms with E-state index in [2.05, 4.69) is 41.1 Å². The van der Waals surface area contributed by atoms with E-state index in [9.17, 15) is 14.0 Å². The van der Waals surface area contributed by atoms with Crippen LogP contribution in [-0.4, -0.2) is 60.9 Å². The molecule has 9 rings (SSSR count). The Morgan fingerprint density at radius 2 is 1.75 bits per heavy atom. The van der Waals surface area contributed by atoms with E-state index < -0.39 is 23.3 Å². The monoisotopic (exact) mass is 867 g/mol. The Hall–Kier alpha value is -7.23. The molecule has 1 aliphatic rings. The molecule has 0 radical (unpaired) electrons. The third-order valence-corrected chi connectivity index (χ3v) is 11.4. The number of benzene rings is 5. The van der Waals surface area contributed by atoms with E-state index in [1.54, 1.807) is 42.2 Å². The third kappa shape index (κ3) is 8.40. The summed E-state index contributed by atoms with van der Waals surface area (Å²) in [6, 6.07) is 27.8.